The second kappa shape index (κ2) is 6.05. The van der Waals surface area contributed by atoms with Crippen molar-refractivity contribution in [3.05, 3.63) is 17.5 Å². The molecule has 21 heavy (non-hydrogen) atoms. The van der Waals surface area contributed by atoms with Crippen LogP contribution >= 0.6 is 0 Å². The van der Waals surface area contributed by atoms with Gasteiger partial charge < -0.3 is 10.4 Å². The van der Waals surface area contributed by atoms with Crippen LogP contribution in [0.25, 0.3) is 0 Å². The Kier molecular flexibility index (Phi) is 4.55. The van der Waals surface area contributed by atoms with Gasteiger partial charge in [0.05, 0.1) is 11.7 Å². The highest BCUT2D eigenvalue weighted by molar-refractivity contribution is 5.95. The van der Waals surface area contributed by atoms with Gasteiger partial charge in [0.1, 0.15) is 0 Å². The van der Waals surface area contributed by atoms with Crippen molar-refractivity contribution in [1.82, 2.24) is 15.1 Å². The number of alkyl halides is 3. The van der Waals surface area contributed by atoms with E-state index in [2.05, 4.69) is 10.4 Å². The molecule has 0 saturated heterocycles. The standard InChI is InChI=1S/C13H18F3N3O2/c1-19-7-9(11(18-19)13(14,15)16)12(21)17-6-10(20)8-4-2-3-5-8/h7-8,10,20H,2-6H2,1H3,(H,17,21). The number of amides is 1. The molecule has 0 aliphatic heterocycles. The van der Waals surface area contributed by atoms with Crippen LogP contribution in [-0.4, -0.2) is 33.4 Å². The third kappa shape index (κ3) is 3.75. The Hall–Kier alpha value is -1.57. The molecule has 0 bridgehead atoms. The normalized spacial score (nSPS) is 18.0. The lowest BCUT2D eigenvalue weighted by Crippen LogP contribution is -2.36. The topological polar surface area (TPSA) is 67.2 Å². The molecule has 1 saturated carbocycles. The summed E-state index contributed by atoms with van der Waals surface area (Å²) < 4.78 is 39.2. The summed E-state index contributed by atoms with van der Waals surface area (Å²) >= 11 is 0. The van der Waals surface area contributed by atoms with Crippen LogP contribution in [0.4, 0.5) is 13.2 Å². The second-order valence-electron chi connectivity index (χ2n) is 5.38. The lowest BCUT2D eigenvalue weighted by molar-refractivity contribution is -0.141. The molecule has 1 amide bonds. The van der Waals surface area contributed by atoms with Gasteiger partial charge in [0.25, 0.3) is 5.91 Å². The molecule has 1 heterocycles. The van der Waals surface area contributed by atoms with Gasteiger partial charge in [0.15, 0.2) is 5.69 Å². The highest BCUT2D eigenvalue weighted by atomic mass is 19.4. The number of carbonyl (C=O) groups excluding carboxylic acids is 1. The molecule has 5 nitrogen and oxygen atoms in total. The van der Waals surface area contributed by atoms with Crippen molar-refractivity contribution in [2.75, 3.05) is 6.54 Å². The highest BCUT2D eigenvalue weighted by Gasteiger charge is 2.39. The molecule has 1 unspecified atom stereocenters. The molecule has 1 atom stereocenters. The fourth-order valence-corrected chi connectivity index (χ4v) is 2.67. The monoisotopic (exact) mass is 305 g/mol. The van der Waals surface area contributed by atoms with Gasteiger partial charge in [0.2, 0.25) is 0 Å². The lowest BCUT2D eigenvalue weighted by Gasteiger charge is -2.18. The Morgan fingerprint density at radius 3 is 2.71 bits per heavy atom. The maximum Gasteiger partial charge on any atom is 0.435 e. The minimum Gasteiger partial charge on any atom is -0.391 e. The van der Waals surface area contributed by atoms with Crippen LogP contribution in [0, 0.1) is 5.92 Å². The van der Waals surface area contributed by atoms with Gasteiger partial charge >= 0.3 is 6.18 Å². The molecule has 1 aliphatic rings. The van der Waals surface area contributed by atoms with E-state index in [-0.39, 0.29) is 12.5 Å². The van der Waals surface area contributed by atoms with Gasteiger partial charge in [-0.2, -0.15) is 18.3 Å². The van der Waals surface area contributed by atoms with E-state index < -0.39 is 29.4 Å². The Balaban J connectivity index is 2.00. The van der Waals surface area contributed by atoms with E-state index in [4.69, 9.17) is 0 Å². The molecule has 0 aromatic carbocycles. The van der Waals surface area contributed by atoms with E-state index in [0.717, 1.165) is 36.6 Å². The third-order valence-corrected chi connectivity index (χ3v) is 3.76. The number of aromatic nitrogens is 2. The maximum atomic E-state index is 12.8. The van der Waals surface area contributed by atoms with Crippen LogP contribution < -0.4 is 5.32 Å². The molecule has 0 spiro atoms. The smallest absolute Gasteiger partial charge is 0.391 e. The number of nitrogens with zero attached hydrogens (tertiary/aromatic N) is 2. The Morgan fingerprint density at radius 2 is 2.14 bits per heavy atom. The van der Waals surface area contributed by atoms with Gasteiger partial charge in [0, 0.05) is 19.8 Å². The van der Waals surface area contributed by atoms with Gasteiger partial charge in [-0.15, -0.1) is 0 Å². The molecule has 0 radical (unpaired) electrons. The zero-order valence-electron chi connectivity index (χ0n) is 11.7. The van der Waals surface area contributed by atoms with Crippen LogP contribution in [-0.2, 0) is 13.2 Å². The molecule has 1 fully saturated rings. The molecular weight excluding hydrogens is 287 g/mol. The van der Waals surface area contributed by atoms with E-state index in [1.807, 2.05) is 0 Å². The summed E-state index contributed by atoms with van der Waals surface area (Å²) in [5.74, 6) is -0.756. The van der Waals surface area contributed by atoms with E-state index >= 15 is 0 Å². The Labute approximate surface area is 120 Å². The highest BCUT2D eigenvalue weighted by Crippen LogP contribution is 2.30. The van der Waals surface area contributed by atoms with E-state index in [0.29, 0.717) is 0 Å². The lowest BCUT2D eigenvalue weighted by atomic mass is 10.0. The molecule has 1 aliphatic carbocycles. The van der Waals surface area contributed by atoms with Crippen molar-refractivity contribution in [1.29, 1.82) is 0 Å². The quantitative estimate of drug-likeness (QED) is 0.890. The first-order chi connectivity index (χ1) is 9.79. The molecule has 2 rings (SSSR count). The number of nitrogens with one attached hydrogen (secondary N) is 1. The average molecular weight is 305 g/mol. The minimum atomic E-state index is -4.68. The molecule has 1 aromatic rings. The summed E-state index contributed by atoms with van der Waals surface area (Å²) in [5, 5.41) is 15.6. The number of carbonyl (C=O) groups is 1. The SMILES string of the molecule is Cn1cc(C(=O)NCC(O)C2CCCC2)c(C(F)(F)F)n1. The zero-order chi connectivity index (χ0) is 15.6. The predicted octanol–water partition coefficient (Wildman–Crippen LogP) is 1.72. The van der Waals surface area contributed by atoms with Crippen molar-refractivity contribution < 1.29 is 23.1 Å². The zero-order valence-corrected chi connectivity index (χ0v) is 11.7. The largest absolute Gasteiger partial charge is 0.435 e. The van der Waals surface area contributed by atoms with Crippen molar-refractivity contribution in [3.8, 4) is 0 Å². The first-order valence-corrected chi connectivity index (χ1v) is 6.86. The van der Waals surface area contributed by atoms with Crippen LogP contribution in [0.3, 0.4) is 0 Å². The number of aliphatic hydroxyl groups excluding tert-OH is 1. The van der Waals surface area contributed by atoms with E-state index in [1.54, 1.807) is 0 Å². The molecular formula is C13H18F3N3O2. The average Bonchev–Trinajstić information content (AvgIpc) is 3.03. The van der Waals surface area contributed by atoms with Gasteiger partial charge in [-0.3, -0.25) is 9.48 Å². The number of halogens is 3. The summed E-state index contributed by atoms with van der Waals surface area (Å²) in [6.45, 7) is -0.0459. The Bertz CT molecular complexity index is 507. The summed E-state index contributed by atoms with van der Waals surface area (Å²) in [6.07, 6.45) is -0.525. The summed E-state index contributed by atoms with van der Waals surface area (Å²) in [7, 11) is 1.32. The molecule has 118 valence electrons. The molecule has 8 heteroatoms. The van der Waals surface area contributed by atoms with E-state index in [1.165, 1.54) is 7.05 Å². The van der Waals surface area contributed by atoms with Crippen LogP contribution in [0.1, 0.15) is 41.7 Å². The van der Waals surface area contributed by atoms with Gasteiger partial charge in [-0.1, -0.05) is 12.8 Å². The fraction of sp³-hybridized carbons (Fsp3) is 0.692. The Morgan fingerprint density at radius 1 is 1.52 bits per heavy atom. The minimum absolute atomic E-state index is 0.0459. The number of hydrogen-bond acceptors (Lipinski definition) is 3. The second-order valence-corrected chi connectivity index (χ2v) is 5.38. The van der Waals surface area contributed by atoms with Crippen molar-refractivity contribution in [2.24, 2.45) is 13.0 Å². The number of rotatable bonds is 4. The van der Waals surface area contributed by atoms with Crippen molar-refractivity contribution in [3.63, 3.8) is 0 Å². The molecule has 1 aromatic heterocycles. The van der Waals surface area contributed by atoms with Crippen LogP contribution in [0.2, 0.25) is 0 Å². The summed E-state index contributed by atoms with van der Waals surface area (Å²) in [4.78, 5) is 11.9. The number of aryl methyl sites for hydroxylation is 1. The first-order valence-electron chi connectivity index (χ1n) is 6.86. The predicted molar refractivity (Wildman–Crippen MR) is 68.5 cm³/mol. The fourth-order valence-electron chi connectivity index (χ4n) is 2.67. The summed E-state index contributed by atoms with van der Waals surface area (Å²) in [6, 6.07) is 0. The first kappa shape index (κ1) is 15.8. The van der Waals surface area contributed by atoms with Crippen molar-refractivity contribution in [2.45, 2.75) is 38.0 Å². The van der Waals surface area contributed by atoms with Crippen LogP contribution in [0.15, 0.2) is 6.20 Å². The van der Waals surface area contributed by atoms with Gasteiger partial charge in [-0.25, -0.2) is 0 Å². The van der Waals surface area contributed by atoms with Gasteiger partial charge in [-0.05, 0) is 18.8 Å². The summed E-state index contributed by atoms with van der Waals surface area (Å²) in [5.41, 5.74) is -1.73. The van der Waals surface area contributed by atoms with Crippen LogP contribution in [0.5, 0.6) is 0 Å². The number of aliphatic hydroxyl groups is 1. The van der Waals surface area contributed by atoms with Crippen molar-refractivity contribution >= 4 is 5.91 Å². The number of hydrogen-bond donors (Lipinski definition) is 2. The van der Waals surface area contributed by atoms with E-state index in [9.17, 15) is 23.1 Å². The molecule has 2 N–H and O–H groups in total. The third-order valence-electron chi connectivity index (χ3n) is 3.76. The maximum absolute atomic E-state index is 12.8.